The molecule has 0 saturated heterocycles. The van der Waals surface area contributed by atoms with Gasteiger partial charge in [0.15, 0.2) is 6.10 Å². The van der Waals surface area contributed by atoms with Gasteiger partial charge in [0.25, 0.3) is 10.1 Å². The zero-order valence-electron chi connectivity index (χ0n) is 12.9. The number of rotatable bonds is 6. The van der Waals surface area contributed by atoms with Crippen molar-refractivity contribution in [3.8, 4) is 0 Å². The van der Waals surface area contributed by atoms with E-state index in [2.05, 4.69) is 0 Å². The summed E-state index contributed by atoms with van der Waals surface area (Å²) < 4.78 is 34.9. The summed E-state index contributed by atoms with van der Waals surface area (Å²) in [5.41, 5.74) is 1.34. The van der Waals surface area contributed by atoms with E-state index in [0.29, 0.717) is 5.56 Å². The van der Waals surface area contributed by atoms with E-state index in [1.165, 1.54) is 12.1 Å². The van der Waals surface area contributed by atoms with Crippen molar-refractivity contribution in [3.05, 3.63) is 65.7 Å². The monoisotopic (exact) mass is 334 g/mol. The molecular weight excluding hydrogens is 316 g/mol. The predicted octanol–water partition coefficient (Wildman–Crippen LogP) is 3.00. The Balaban J connectivity index is 2.33. The first-order valence-electron chi connectivity index (χ1n) is 7.15. The van der Waals surface area contributed by atoms with Crippen molar-refractivity contribution in [2.75, 3.05) is 6.61 Å². The maximum absolute atomic E-state index is 12.4. The Bertz CT molecular complexity index is 751. The van der Waals surface area contributed by atoms with Crippen molar-refractivity contribution < 1.29 is 22.1 Å². The highest BCUT2D eigenvalue weighted by atomic mass is 32.2. The van der Waals surface area contributed by atoms with Crippen LogP contribution in [0.2, 0.25) is 0 Å². The highest BCUT2D eigenvalue weighted by molar-refractivity contribution is 7.86. The van der Waals surface area contributed by atoms with E-state index >= 15 is 0 Å². The molecule has 0 amide bonds. The molecule has 1 atom stereocenters. The number of carbonyl (C=O) groups excluding carboxylic acids is 1. The first kappa shape index (κ1) is 17.2. The Morgan fingerprint density at radius 2 is 1.65 bits per heavy atom. The standard InChI is InChI=1S/C17H18O5S/c1-3-21-17(18)16(14-7-5-4-6-8-14)22-23(19,20)15-11-9-13(2)10-12-15/h4-12,16H,3H2,1-2H3/t16-/m0/s1. The molecule has 0 aromatic heterocycles. The fourth-order valence-corrected chi connectivity index (χ4v) is 2.99. The smallest absolute Gasteiger partial charge is 0.341 e. The summed E-state index contributed by atoms with van der Waals surface area (Å²) in [7, 11) is -4.09. The summed E-state index contributed by atoms with van der Waals surface area (Å²) in [5.74, 6) is -0.741. The van der Waals surface area contributed by atoms with Crippen LogP contribution in [0, 0.1) is 6.92 Å². The molecule has 0 spiro atoms. The van der Waals surface area contributed by atoms with Crippen molar-refractivity contribution >= 4 is 16.1 Å². The molecule has 0 radical (unpaired) electrons. The molecule has 0 N–H and O–H groups in total. The lowest BCUT2D eigenvalue weighted by Crippen LogP contribution is -2.22. The summed E-state index contributed by atoms with van der Waals surface area (Å²) in [5, 5.41) is 0. The SMILES string of the molecule is CCOC(=O)[C@@H](OS(=O)(=O)c1ccc(C)cc1)c1ccccc1. The molecule has 5 nitrogen and oxygen atoms in total. The molecule has 0 aliphatic heterocycles. The molecule has 23 heavy (non-hydrogen) atoms. The Labute approximate surface area is 136 Å². The van der Waals surface area contributed by atoms with Gasteiger partial charge in [-0.3, -0.25) is 0 Å². The van der Waals surface area contributed by atoms with Gasteiger partial charge in [-0.05, 0) is 31.5 Å². The van der Waals surface area contributed by atoms with Crippen LogP contribution in [0.25, 0.3) is 0 Å². The van der Waals surface area contributed by atoms with Crippen molar-refractivity contribution in [2.45, 2.75) is 24.8 Å². The molecule has 2 rings (SSSR count). The van der Waals surface area contributed by atoms with Crippen LogP contribution in [0.4, 0.5) is 0 Å². The van der Waals surface area contributed by atoms with E-state index in [1.807, 2.05) is 6.92 Å². The minimum absolute atomic E-state index is 0.00618. The number of carbonyl (C=O) groups is 1. The summed E-state index contributed by atoms with van der Waals surface area (Å²) in [6.07, 6.45) is -1.33. The molecule has 2 aromatic rings. The first-order chi connectivity index (χ1) is 10.9. The van der Waals surface area contributed by atoms with Gasteiger partial charge in [0.05, 0.1) is 11.5 Å². The Kier molecular flexibility index (Phi) is 5.52. The average Bonchev–Trinajstić information content (AvgIpc) is 2.54. The topological polar surface area (TPSA) is 69.7 Å². The number of ether oxygens (including phenoxy) is 1. The molecule has 0 unspecified atom stereocenters. The second-order valence-corrected chi connectivity index (χ2v) is 6.48. The molecule has 2 aromatic carbocycles. The highest BCUT2D eigenvalue weighted by Gasteiger charge is 2.30. The molecule has 0 fully saturated rings. The van der Waals surface area contributed by atoms with E-state index < -0.39 is 22.2 Å². The van der Waals surface area contributed by atoms with E-state index in [9.17, 15) is 13.2 Å². The molecule has 6 heteroatoms. The van der Waals surface area contributed by atoms with Crippen LogP contribution in [0.3, 0.4) is 0 Å². The van der Waals surface area contributed by atoms with Gasteiger partial charge in [-0.1, -0.05) is 48.0 Å². The van der Waals surface area contributed by atoms with Gasteiger partial charge in [-0.2, -0.15) is 8.42 Å². The average molecular weight is 334 g/mol. The van der Waals surface area contributed by atoms with Crippen LogP contribution in [-0.4, -0.2) is 21.0 Å². The lowest BCUT2D eigenvalue weighted by molar-refractivity contribution is -0.151. The second-order valence-electron chi connectivity index (χ2n) is 4.91. The van der Waals surface area contributed by atoms with Gasteiger partial charge in [-0.15, -0.1) is 0 Å². The molecule has 0 aliphatic carbocycles. The number of aryl methyl sites for hydroxylation is 1. The zero-order valence-corrected chi connectivity index (χ0v) is 13.7. The third kappa shape index (κ3) is 4.40. The van der Waals surface area contributed by atoms with Crippen molar-refractivity contribution in [1.29, 1.82) is 0 Å². The summed E-state index contributed by atoms with van der Waals surface area (Å²) in [6.45, 7) is 3.63. The van der Waals surface area contributed by atoms with Crippen LogP contribution >= 0.6 is 0 Å². The van der Waals surface area contributed by atoms with Crippen molar-refractivity contribution in [1.82, 2.24) is 0 Å². The van der Waals surface area contributed by atoms with Crippen LogP contribution in [0.15, 0.2) is 59.5 Å². The maximum Gasteiger partial charge on any atom is 0.341 e. The minimum Gasteiger partial charge on any atom is -0.464 e. The molecule has 0 saturated carbocycles. The molecule has 0 bridgehead atoms. The summed E-state index contributed by atoms with van der Waals surface area (Å²) >= 11 is 0. The minimum atomic E-state index is -4.09. The quantitative estimate of drug-likeness (QED) is 0.600. The van der Waals surface area contributed by atoms with Crippen LogP contribution in [0.1, 0.15) is 24.2 Å². The van der Waals surface area contributed by atoms with E-state index in [1.54, 1.807) is 49.4 Å². The van der Waals surface area contributed by atoms with Gasteiger partial charge in [-0.25, -0.2) is 8.98 Å². The summed E-state index contributed by atoms with van der Waals surface area (Å²) in [6, 6.07) is 14.6. The third-order valence-corrected chi connectivity index (χ3v) is 4.43. The lowest BCUT2D eigenvalue weighted by atomic mass is 10.1. The Morgan fingerprint density at radius 1 is 1.04 bits per heavy atom. The van der Waals surface area contributed by atoms with Crippen LogP contribution in [-0.2, 0) is 23.8 Å². The third-order valence-electron chi connectivity index (χ3n) is 3.14. The fourth-order valence-electron chi connectivity index (χ4n) is 1.96. The summed E-state index contributed by atoms with van der Waals surface area (Å²) in [4.78, 5) is 12.1. The molecular formula is C17H18O5S. The Morgan fingerprint density at radius 3 is 2.22 bits per heavy atom. The van der Waals surface area contributed by atoms with Crippen molar-refractivity contribution in [2.24, 2.45) is 0 Å². The number of hydrogen-bond donors (Lipinski definition) is 0. The normalized spacial score (nSPS) is 12.6. The molecule has 0 heterocycles. The van der Waals surface area contributed by atoms with Gasteiger partial charge in [0, 0.05) is 0 Å². The van der Waals surface area contributed by atoms with E-state index in [4.69, 9.17) is 8.92 Å². The Hall–Kier alpha value is -2.18. The number of esters is 1. The molecule has 122 valence electrons. The number of benzene rings is 2. The van der Waals surface area contributed by atoms with Gasteiger partial charge >= 0.3 is 5.97 Å². The van der Waals surface area contributed by atoms with Gasteiger partial charge in [0.2, 0.25) is 0 Å². The first-order valence-corrected chi connectivity index (χ1v) is 8.56. The predicted molar refractivity (Wildman–Crippen MR) is 85.3 cm³/mol. The highest BCUT2D eigenvalue weighted by Crippen LogP contribution is 2.25. The number of hydrogen-bond acceptors (Lipinski definition) is 5. The molecule has 0 aliphatic rings. The lowest BCUT2D eigenvalue weighted by Gasteiger charge is -2.16. The maximum atomic E-state index is 12.4. The second kappa shape index (κ2) is 7.39. The van der Waals surface area contributed by atoms with Gasteiger partial charge < -0.3 is 4.74 Å². The zero-order chi connectivity index (χ0) is 16.9. The van der Waals surface area contributed by atoms with Crippen LogP contribution in [0.5, 0.6) is 0 Å². The van der Waals surface area contributed by atoms with Gasteiger partial charge in [0.1, 0.15) is 0 Å². The van der Waals surface area contributed by atoms with Crippen LogP contribution < -0.4 is 0 Å². The fraction of sp³-hybridized carbons (Fsp3) is 0.235. The van der Waals surface area contributed by atoms with E-state index in [0.717, 1.165) is 5.56 Å². The van der Waals surface area contributed by atoms with Crippen molar-refractivity contribution in [3.63, 3.8) is 0 Å². The van der Waals surface area contributed by atoms with E-state index in [-0.39, 0.29) is 11.5 Å². The largest absolute Gasteiger partial charge is 0.464 e.